The van der Waals surface area contributed by atoms with Crippen molar-refractivity contribution in [2.24, 2.45) is 0 Å². The van der Waals surface area contributed by atoms with Crippen molar-refractivity contribution in [1.29, 1.82) is 5.26 Å². The maximum absolute atomic E-state index is 12.2. The van der Waals surface area contributed by atoms with E-state index in [4.69, 9.17) is 9.47 Å². The van der Waals surface area contributed by atoms with E-state index in [0.717, 1.165) is 0 Å². The minimum atomic E-state index is -1.29. The summed E-state index contributed by atoms with van der Waals surface area (Å²) in [6, 6.07) is 14.0. The molecule has 0 saturated heterocycles. The topological polar surface area (TPSA) is 132 Å². The van der Waals surface area contributed by atoms with Gasteiger partial charge in [-0.2, -0.15) is 5.26 Å². The molecule has 0 aliphatic rings. The van der Waals surface area contributed by atoms with E-state index in [1.807, 2.05) is 0 Å². The second kappa shape index (κ2) is 9.66. The summed E-state index contributed by atoms with van der Waals surface area (Å²) in [6.45, 7) is 1.29. The van der Waals surface area contributed by atoms with Crippen LogP contribution in [0.2, 0.25) is 0 Å². The molecule has 0 fully saturated rings. The number of hydrogen-bond acceptors (Lipinski definition) is 7. The Morgan fingerprint density at radius 3 is 2.62 bits per heavy atom. The third kappa shape index (κ3) is 5.64. The molecule has 0 saturated carbocycles. The molecule has 29 heavy (non-hydrogen) atoms. The zero-order valence-corrected chi connectivity index (χ0v) is 15.6. The molecule has 148 valence electrons. The number of hydrogen-bond donors (Lipinski definition) is 1. The number of carbonyl (C=O) groups excluding carboxylic acids is 2. The number of esters is 1. The standard InChI is InChI=1S/C20H17N3O6/c1-13(19(24)22-17-8-3-4-9-18(17)23(26)27)29-20(25)15(12-21)10-14-6-5-7-16(11-14)28-2/h3-11,13H,1-2H3,(H,22,24)/b15-10+/t13-/m1/s1. The largest absolute Gasteiger partial charge is 0.497 e. The molecule has 0 aliphatic heterocycles. The van der Waals surface area contributed by atoms with E-state index in [1.54, 1.807) is 30.3 Å². The van der Waals surface area contributed by atoms with Gasteiger partial charge in [0.05, 0.1) is 12.0 Å². The molecule has 2 aromatic rings. The number of anilines is 1. The molecule has 0 bridgehead atoms. The van der Waals surface area contributed by atoms with Crippen molar-refractivity contribution in [3.63, 3.8) is 0 Å². The number of nitro groups is 1. The summed E-state index contributed by atoms with van der Waals surface area (Å²) in [7, 11) is 1.49. The molecule has 1 atom stereocenters. The zero-order chi connectivity index (χ0) is 21.4. The predicted octanol–water partition coefficient (Wildman–Crippen LogP) is 3.08. The van der Waals surface area contributed by atoms with Crippen LogP contribution in [-0.2, 0) is 14.3 Å². The number of rotatable bonds is 7. The van der Waals surface area contributed by atoms with Gasteiger partial charge >= 0.3 is 5.97 Å². The quantitative estimate of drug-likeness (QED) is 0.250. The minimum Gasteiger partial charge on any atom is -0.497 e. The third-order valence-corrected chi connectivity index (χ3v) is 3.76. The Balaban J connectivity index is 2.10. The van der Waals surface area contributed by atoms with E-state index >= 15 is 0 Å². The van der Waals surface area contributed by atoms with Gasteiger partial charge in [-0.25, -0.2) is 4.79 Å². The Bertz CT molecular complexity index is 1010. The van der Waals surface area contributed by atoms with Gasteiger partial charge in [-0.05, 0) is 36.8 Å². The lowest BCUT2D eigenvalue weighted by molar-refractivity contribution is -0.383. The number of nitrogens with zero attached hydrogens (tertiary/aromatic N) is 2. The van der Waals surface area contributed by atoms with Crippen molar-refractivity contribution < 1.29 is 24.0 Å². The third-order valence-electron chi connectivity index (χ3n) is 3.76. The minimum absolute atomic E-state index is 0.0298. The number of carbonyl (C=O) groups is 2. The summed E-state index contributed by atoms with van der Waals surface area (Å²) < 4.78 is 10.1. The molecule has 0 aliphatic carbocycles. The first-order chi connectivity index (χ1) is 13.8. The number of amides is 1. The summed E-state index contributed by atoms with van der Waals surface area (Å²) >= 11 is 0. The van der Waals surface area contributed by atoms with Crippen LogP contribution in [0.15, 0.2) is 54.1 Å². The van der Waals surface area contributed by atoms with Crippen molar-refractivity contribution in [2.75, 3.05) is 12.4 Å². The van der Waals surface area contributed by atoms with E-state index in [1.165, 1.54) is 44.4 Å². The number of nitriles is 1. The molecule has 9 nitrogen and oxygen atoms in total. The highest BCUT2D eigenvalue weighted by molar-refractivity contribution is 6.01. The van der Waals surface area contributed by atoms with Crippen LogP contribution >= 0.6 is 0 Å². The molecular weight excluding hydrogens is 378 g/mol. The molecule has 2 rings (SSSR count). The fraction of sp³-hybridized carbons (Fsp3) is 0.150. The first kappa shape index (κ1) is 21.1. The lowest BCUT2D eigenvalue weighted by Crippen LogP contribution is -2.30. The lowest BCUT2D eigenvalue weighted by atomic mass is 10.1. The van der Waals surface area contributed by atoms with Gasteiger partial charge in [0.25, 0.3) is 11.6 Å². The molecular formula is C20H17N3O6. The van der Waals surface area contributed by atoms with Crippen molar-refractivity contribution in [2.45, 2.75) is 13.0 Å². The predicted molar refractivity (Wildman–Crippen MR) is 104 cm³/mol. The van der Waals surface area contributed by atoms with Crippen LogP contribution in [0.4, 0.5) is 11.4 Å². The molecule has 1 amide bonds. The Labute approximate surface area is 166 Å². The molecule has 9 heteroatoms. The first-order valence-electron chi connectivity index (χ1n) is 8.36. The summed E-state index contributed by atoms with van der Waals surface area (Å²) in [5.41, 5.74) is -0.105. The summed E-state index contributed by atoms with van der Waals surface area (Å²) in [5, 5.41) is 22.6. The Kier molecular flexibility index (Phi) is 7.03. The normalized spacial score (nSPS) is 11.7. The van der Waals surface area contributed by atoms with Crippen LogP contribution in [-0.4, -0.2) is 30.0 Å². The second-order valence-electron chi connectivity index (χ2n) is 5.76. The number of ether oxygens (including phenoxy) is 2. The van der Waals surface area contributed by atoms with Crippen LogP contribution in [0, 0.1) is 21.4 Å². The Morgan fingerprint density at radius 1 is 1.24 bits per heavy atom. The Morgan fingerprint density at radius 2 is 1.97 bits per heavy atom. The van der Waals surface area contributed by atoms with Crippen molar-refractivity contribution in [3.05, 3.63) is 69.8 Å². The summed E-state index contributed by atoms with van der Waals surface area (Å²) in [4.78, 5) is 34.9. The van der Waals surface area contributed by atoms with Crippen LogP contribution in [0.1, 0.15) is 12.5 Å². The Hall–Kier alpha value is -4.19. The second-order valence-corrected chi connectivity index (χ2v) is 5.76. The highest BCUT2D eigenvalue weighted by Crippen LogP contribution is 2.23. The monoisotopic (exact) mass is 395 g/mol. The number of para-hydroxylation sites is 2. The number of methoxy groups -OCH3 is 1. The molecule has 0 unspecified atom stereocenters. The van der Waals surface area contributed by atoms with Gasteiger partial charge in [0.15, 0.2) is 6.10 Å². The van der Waals surface area contributed by atoms with E-state index in [9.17, 15) is 25.0 Å². The molecule has 1 N–H and O–H groups in total. The van der Waals surface area contributed by atoms with Crippen LogP contribution in [0.25, 0.3) is 6.08 Å². The van der Waals surface area contributed by atoms with Crippen molar-refractivity contribution in [3.8, 4) is 11.8 Å². The molecule has 0 heterocycles. The fourth-order valence-electron chi connectivity index (χ4n) is 2.29. The number of nitro benzene ring substituents is 1. The van der Waals surface area contributed by atoms with E-state index < -0.39 is 22.9 Å². The van der Waals surface area contributed by atoms with E-state index in [2.05, 4.69) is 5.32 Å². The highest BCUT2D eigenvalue weighted by Gasteiger charge is 2.23. The average molecular weight is 395 g/mol. The van der Waals surface area contributed by atoms with Gasteiger partial charge in [0.1, 0.15) is 23.1 Å². The van der Waals surface area contributed by atoms with E-state index in [0.29, 0.717) is 11.3 Å². The SMILES string of the molecule is COc1cccc(/C=C(\C#N)C(=O)O[C@H](C)C(=O)Nc2ccccc2[N+](=O)[O-])c1. The van der Waals surface area contributed by atoms with E-state index in [-0.39, 0.29) is 16.9 Å². The maximum Gasteiger partial charge on any atom is 0.349 e. The highest BCUT2D eigenvalue weighted by atomic mass is 16.6. The summed E-state index contributed by atoms with van der Waals surface area (Å²) in [5.74, 6) is -1.23. The molecule has 0 spiro atoms. The van der Waals surface area contributed by atoms with Gasteiger partial charge in [0, 0.05) is 6.07 Å². The number of nitrogens with one attached hydrogen (secondary N) is 1. The van der Waals surface area contributed by atoms with Crippen molar-refractivity contribution >= 4 is 29.3 Å². The zero-order valence-electron chi connectivity index (χ0n) is 15.6. The first-order valence-corrected chi connectivity index (χ1v) is 8.36. The van der Waals surface area contributed by atoms with Gasteiger partial charge in [-0.1, -0.05) is 24.3 Å². The number of benzene rings is 2. The molecule has 2 aromatic carbocycles. The average Bonchev–Trinajstić information content (AvgIpc) is 2.72. The van der Waals surface area contributed by atoms with Gasteiger partial charge in [-0.3, -0.25) is 14.9 Å². The fourth-order valence-corrected chi connectivity index (χ4v) is 2.29. The van der Waals surface area contributed by atoms with Gasteiger partial charge < -0.3 is 14.8 Å². The smallest absolute Gasteiger partial charge is 0.349 e. The van der Waals surface area contributed by atoms with Gasteiger partial charge in [0.2, 0.25) is 0 Å². The summed E-state index contributed by atoms with van der Waals surface area (Å²) in [6.07, 6.45) is 0.0155. The van der Waals surface area contributed by atoms with Gasteiger partial charge in [-0.15, -0.1) is 0 Å². The van der Waals surface area contributed by atoms with Crippen LogP contribution in [0.5, 0.6) is 5.75 Å². The maximum atomic E-state index is 12.2. The molecule has 0 radical (unpaired) electrons. The lowest BCUT2D eigenvalue weighted by Gasteiger charge is -2.13. The van der Waals surface area contributed by atoms with Crippen LogP contribution < -0.4 is 10.1 Å². The van der Waals surface area contributed by atoms with Crippen LogP contribution in [0.3, 0.4) is 0 Å². The van der Waals surface area contributed by atoms with Crippen molar-refractivity contribution in [1.82, 2.24) is 0 Å². The molecule has 0 aromatic heterocycles.